The molecule has 0 bridgehead atoms. The zero-order valence-electron chi connectivity index (χ0n) is 71.3. The van der Waals surface area contributed by atoms with E-state index < -0.39 is 29.3 Å². The van der Waals surface area contributed by atoms with Gasteiger partial charge in [0.15, 0.2) is 4.08 Å². The van der Waals surface area contributed by atoms with Crippen LogP contribution in [-0.2, 0) is 9.53 Å². The number of aliphatic hydroxyl groups is 3. The second-order valence-electron chi connectivity index (χ2n) is 32.6. The van der Waals surface area contributed by atoms with E-state index in [4.69, 9.17) is 4.74 Å². The van der Waals surface area contributed by atoms with Crippen molar-refractivity contribution in [2.45, 2.75) is 536 Å². The molecule has 0 aliphatic carbocycles. The fourth-order valence-electron chi connectivity index (χ4n) is 14.2. The van der Waals surface area contributed by atoms with Gasteiger partial charge in [-0.3, -0.25) is 0 Å². The Hall–Kier alpha value is 1.45. The van der Waals surface area contributed by atoms with Gasteiger partial charge in [0.05, 0.1) is 29.8 Å². The molecule has 0 radical (unpaired) electrons. The lowest BCUT2D eigenvalue weighted by Gasteiger charge is -2.42. The number of hydrogen-bond donors (Lipinski definition) is 3. The minimum Gasteiger partial charge on any atom is -0.463 e. The first-order chi connectivity index (χ1) is 50.4. The second-order valence-corrected chi connectivity index (χ2v) is 42.3. The molecule has 5 nitrogen and oxygen atoms in total. The molecule has 0 rings (SSSR count). The molecule has 0 spiro atoms. The van der Waals surface area contributed by atoms with Crippen molar-refractivity contribution in [3.8, 4) is 0 Å². The lowest BCUT2D eigenvalue weighted by molar-refractivity contribution is -0.151. The van der Waals surface area contributed by atoms with E-state index in [1.54, 1.807) is 0 Å². The fraction of sp³-hybridized carbons (Fsp3) is 0.989. The molecule has 0 aromatic carbocycles. The van der Waals surface area contributed by atoms with E-state index in [9.17, 15) is 15.3 Å². The van der Waals surface area contributed by atoms with E-state index in [2.05, 4.69) is 90.8 Å². The second kappa shape index (κ2) is 85.9. The summed E-state index contributed by atoms with van der Waals surface area (Å²) in [5, 5.41) is 32.4. The number of carbonyl (C=O) groups is 1. The van der Waals surface area contributed by atoms with E-state index in [1.165, 1.54) is 422 Å². The number of ether oxygens (including phenoxy) is 1. The van der Waals surface area contributed by atoms with E-state index in [-0.39, 0.29) is 27.7 Å². The maximum absolute atomic E-state index is 15.4. The number of rotatable bonds is 86. The Kier molecular flexibility index (Phi) is 88.8. The van der Waals surface area contributed by atoms with Gasteiger partial charge in [0.25, 0.3) is 0 Å². The third kappa shape index (κ3) is 72.2. The number of unbranched alkanes of at least 4 members (excludes halogenated alkanes) is 58. The zero-order valence-corrected chi connectivity index (χ0v) is 76.2. The normalized spacial score (nSPS) is 14.0. The average molecular weight is 1560 g/mol. The van der Waals surface area contributed by atoms with Gasteiger partial charge >= 0.3 is 5.97 Å². The first-order valence-electron chi connectivity index (χ1n) is 46.4. The summed E-state index contributed by atoms with van der Waals surface area (Å²) in [7, 11) is 4.29. The Balaban J connectivity index is 0. The maximum atomic E-state index is 15.4. The molecule has 0 amide bonds. The predicted octanol–water partition coefficient (Wildman–Crippen LogP) is 33.0. The van der Waals surface area contributed by atoms with Gasteiger partial charge in [-0.2, -0.15) is 0 Å². The Labute approximate surface area is 673 Å². The smallest absolute Gasteiger partial charge is 0.334 e. The summed E-state index contributed by atoms with van der Waals surface area (Å²) in [4.78, 5) is 15.4. The van der Waals surface area contributed by atoms with Gasteiger partial charge in [-0.1, -0.05) is 489 Å². The van der Waals surface area contributed by atoms with Gasteiger partial charge in [-0.05, 0) is 38.5 Å². The molecule has 620 valence electrons. The lowest BCUT2D eigenvalue weighted by Crippen LogP contribution is -2.48. The molecule has 0 aromatic rings. The lowest BCUT2D eigenvalue weighted by atomic mass is 9.93. The van der Waals surface area contributed by atoms with Gasteiger partial charge in [-0.15, -0.1) is 47.0 Å². The summed E-state index contributed by atoms with van der Waals surface area (Å²) >= 11 is 7.79. The van der Waals surface area contributed by atoms with Crippen molar-refractivity contribution in [3.05, 3.63) is 0 Å². The number of esters is 1. The molecule has 0 fully saturated rings. The molecule has 0 saturated carbocycles. The van der Waals surface area contributed by atoms with E-state index in [1.807, 2.05) is 47.0 Å². The zero-order chi connectivity index (χ0) is 75.7. The molecule has 11 heteroatoms. The topological polar surface area (TPSA) is 87.0 Å². The predicted molar refractivity (Wildman–Crippen MR) is 482 cm³/mol. The first-order valence-corrected chi connectivity index (χ1v) is 52.5. The molecule has 0 aliphatic rings. The average Bonchev–Trinajstić information content (AvgIpc) is 0.782. The molecule has 4 unspecified atom stereocenters. The standard InChI is InChI=1S/C56H112O5S4.C36H74S2/c1-9-13-17-21-25-29-33-37-41-49(5)62-54(63-50(6)42-38-34-30-26-22-18-14-10-2)56(53(60)61-48-55(45-57,46-58)47-59,64-51(7)43-39-35-31-27-23-19-15-11-3)65-52(8)44-40-36-32-28-24-20-16-12-4;1-3-5-7-9-11-13-15-17-19-21-23-25-27-29-31-33-35-37-38-36-34-32-30-28-26-24-22-20-18-16-14-12-10-8-6-4-2/h49-52,54,57-59H,9-48H2,1-8H3;3-36H2,1-2H3. The van der Waals surface area contributed by atoms with Crippen molar-refractivity contribution in [2.24, 2.45) is 5.41 Å². The monoisotopic (exact) mass is 1560 g/mol. The highest BCUT2D eigenvalue weighted by Crippen LogP contribution is 2.56. The summed E-state index contributed by atoms with van der Waals surface area (Å²) in [6.45, 7) is 21.7. The van der Waals surface area contributed by atoms with Gasteiger partial charge in [0.2, 0.25) is 0 Å². The largest absolute Gasteiger partial charge is 0.463 e. The Morgan fingerprint density at radius 1 is 0.272 bits per heavy atom. The molecule has 103 heavy (non-hydrogen) atoms. The third-order valence-electron chi connectivity index (χ3n) is 21.7. The number of hydrogen-bond acceptors (Lipinski definition) is 11. The summed E-state index contributed by atoms with van der Waals surface area (Å²) < 4.78 is 5.47. The Morgan fingerprint density at radius 2 is 0.456 bits per heavy atom. The molecule has 0 saturated heterocycles. The Bertz CT molecular complexity index is 1510. The van der Waals surface area contributed by atoms with Crippen molar-refractivity contribution in [1.82, 2.24) is 0 Å². The van der Waals surface area contributed by atoms with Crippen LogP contribution < -0.4 is 0 Å². The van der Waals surface area contributed by atoms with Gasteiger partial charge in [0, 0.05) is 32.5 Å². The number of thioether (sulfide) groups is 4. The van der Waals surface area contributed by atoms with Crippen molar-refractivity contribution in [1.29, 1.82) is 0 Å². The molecule has 4 atom stereocenters. The summed E-state index contributed by atoms with van der Waals surface area (Å²) in [5.74, 6) is 2.52. The van der Waals surface area contributed by atoms with Gasteiger partial charge in [-0.25, -0.2) is 4.79 Å². The molecule has 3 N–H and O–H groups in total. The van der Waals surface area contributed by atoms with Crippen molar-refractivity contribution in [3.63, 3.8) is 0 Å². The van der Waals surface area contributed by atoms with Crippen molar-refractivity contribution >= 4 is 74.6 Å². The molecular weight excluding hydrogens is 1380 g/mol. The van der Waals surface area contributed by atoms with E-state index >= 15 is 4.79 Å². The van der Waals surface area contributed by atoms with Crippen LogP contribution in [0.4, 0.5) is 0 Å². The third-order valence-corrected chi connectivity index (χ3v) is 31.5. The van der Waals surface area contributed by atoms with Crippen LogP contribution in [0.15, 0.2) is 0 Å². The summed E-state index contributed by atoms with van der Waals surface area (Å²) in [6.07, 6.45) is 93.0. The number of carbonyl (C=O) groups excluding carboxylic acids is 1. The van der Waals surface area contributed by atoms with Crippen LogP contribution in [0.1, 0.15) is 506 Å². The number of aliphatic hydroxyl groups excluding tert-OH is 3. The SMILES string of the molecule is CCCCCCCCCCC(C)SC(SC(C)CCCCCCCCCC)C(SC(C)CCCCCCCCCC)(SC(C)CCCCCCCCCC)C(=O)OCC(CO)(CO)CO.CCCCCCCCCCCCCCCCCCSSCCCCCCCCCCCCCCCCCC. The molecular formula is C92H186O5S6. The maximum Gasteiger partial charge on any atom is 0.334 e. The van der Waals surface area contributed by atoms with Gasteiger partial charge in [0.1, 0.15) is 6.61 Å². The van der Waals surface area contributed by atoms with Crippen LogP contribution in [0.5, 0.6) is 0 Å². The summed E-state index contributed by atoms with van der Waals surface area (Å²) in [6, 6.07) is 0. The summed E-state index contributed by atoms with van der Waals surface area (Å²) in [5.41, 5.74) is -1.27. The first kappa shape index (κ1) is 106. The van der Waals surface area contributed by atoms with E-state index in [0.717, 1.165) is 25.7 Å². The quantitative estimate of drug-likeness (QED) is 0.0236. The Morgan fingerprint density at radius 3 is 0.660 bits per heavy atom. The molecule has 0 aromatic heterocycles. The highest BCUT2D eigenvalue weighted by atomic mass is 33.1. The molecule has 0 heterocycles. The van der Waals surface area contributed by atoms with Crippen LogP contribution >= 0.6 is 68.6 Å². The minimum absolute atomic E-state index is 0.0353. The fourth-order valence-corrected chi connectivity index (χ4v) is 24.7. The van der Waals surface area contributed by atoms with Crippen LogP contribution in [-0.4, -0.2) is 88.9 Å². The van der Waals surface area contributed by atoms with Crippen LogP contribution in [0, 0.1) is 5.41 Å². The highest BCUT2D eigenvalue weighted by Gasteiger charge is 2.53. The van der Waals surface area contributed by atoms with Crippen LogP contribution in [0.3, 0.4) is 0 Å². The highest BCUT2D eigenvalue weighted by molar-refractivity contribution is 8.76. The van der Waals surface area contributed by atoms with Crippen LogP contribution in [0.2, 0.25) is 0 Å². The van der Waals surface area contributed by atoms with Crippen molar-refractivity contribution in [2.75, 3.05) is 37.9 Å². The minimum atomic E-state index is -1.27. The van der Waals surface area contributed by atoms with E-state index in [0.29, 0.717) is 10.5 Å². The molecule has 0 aliphatic heterocycles. The van der Waals surface area contributed by atoms with Gasteiger partial charge < -0.3 is 20.1 Å². The van der Waals surface area contributed by atoms with Crippen LogP contribution in [0.25, 0.3) is 0 Å². The van der Waals surface area contributed by atoms with Crippen molar-refractivity contribution < 1.29 is 24.9 Å².